The minimum atomic E-state index is -3.47. The third-order valence-electron chi connectivity index (χ3n) is 6.99. The standard InChI is InChI=1S/C26H29N3O3S/c1-18-22-9-3-4-10-24(22)27-19(2)23(18)17-26(30)29-15-7-8-20-16-21(11-12-25(20)29)33(31,32)28-13-5-6-14-28/h3-4,9-12,16H,5-8,13-15,17H2,1-2H3. The molecule has 5 rings (SSSR count). The van der Waals surface area contributed by atoms with E-state index in [0.29, 0.717) is 24.5 Å². The van der Waals surface area contributed by atoms with Gasteiger partial charge in [-0.05, 0) is 80.5 Å². The monoisotopic (exact) mass is 463 g/mol. The predicted octanol–water partition coefficient (Wildman–Crippen LogP) is 4.16. The zero-order valence-electron chi connectivity index (χ0n) is 19.2. The second kappa shape index (κ2) is 8.54. The van der Waals surface area contributed by atoms with E-state index in [9.17, 15) is 13.2 Å². The van der Waals surface area contributed by atoms with Crippen LogP contribution in [0.3, 0.4) is 0 Å². The van der Waals surface area contributed by atoms with Crippen molar-refractivity contribution in [3.05, 3.63) is 64.8 Å². The van der Waals surface area contributed by atoms with Crippen LogP contribution in [0.15, 0.2) is 47.4 Å². The van der Waals surface area contributed by atoms with Crippen LogP contribution in [0.2, 0.25) is 0 Å². The zero-order chi connectivity index (χ0) is 23.2. The maximum atomic E-state index is 13.4. The van der Waals surface area contributed by atoms with Crippen LogP contribution in [-0.2, 0) is 27.7 Å². The topological polar surface area (TPSA) is 70.6 Å². The van der Waals surface area contributed by atoms with E-state index in [1.807, 2.05) is 42.2 Å². The molecule has 7 heteroatoms. The molecular weight excluding hydrogens is 434 g/mol. The van der Waals surface area contributed by atoms with Gasteiger partial charge < -0.3 is 4.90 Å². The van der Waals surface area contributed by atoms with Gasteiger partial charge in [0, 0.05) is 36.4 Å². The summed E-state index contributed by atoms with van der Waals surface area (Å²) in [5, 5.41) is 1.07. The van der Waals surface area contributed by atoms with Gasteiger partial charge in [0.1, 0.15) is 0 Å². The highest BCUT2D eigenvalue weighted by atomic mass is 32.2. The summed E-state index contributed by atoms with van der Waals surface area (Å²) >= 11 is 0. The van der Waals surface area contributed by atoms with Gasteiger partial charge in [0.2, 0.25) is 15.9 Å². The Bertz CT molecular complexity index is 1340. The number of anilines is 1. The van der Waals surface area contributed by atoms with Gasteiger partial charge in [-0.3, -0.25) is 9.78 Å². The number of aryl methyl sites for hydroxylation is 3. The molecule has 1 amide bonds. The number of aromatic nitrogens is 1. The summed E-state index contributed by atoms with van der Waals surface area (Å²) in [6.07, 6.45) is 3.70. The van der Waals surface area contributed by atoms with Crippen molar-refractivity contribution in [1.82, 2.24) is 9.29 Å². The number of amides is 1. The predicted molar refractivity (Wildman–Crippen MR) is 130 cm³/mol. The Morgan fingerprint density at radius 2 is 1.76 bits per heavy atom. The van der Waals surface area contributed by atoms with E-state index in [0.717, 1.165) is 64.7 Å². The lowest BCUT2D eigenvalue weighted by molar-refractivity contribution is -0.118. The number of sulfonamides is 1. The first kappa shape index (κ1) is 22.0. The number of pyridine rings is 1. The molecule has 1 aromatic heterocycles. The molecule has 3 heterocycles. The molecule has 6 nitrogen and oxygen atoms in total. The van der Waals surface area contributed by atoms with Crippen molar-refractivity contribution < 1.29 is 13.2 Å². The van der Waals surface area contributed by atoms with E-state index >= 15 is 0 Å². The van der Waals surface area contributed by atoms with Gasteiger partial charge >= 0.3 is 0 Å². The summed E-state index contributed by atoms with van der Waals surface area (Å²) in [7, 11) is -3.47. The summed E-state index contributed by atoms with van der Waals surface area (Å²) in [5.74, 6) is 0.0226. The van der Waals surface area contributed by atoms with Crippen molar-refractivity contribution in [3.63, 3.8) is 0 Å². The summed E-state index contributed by atoms with van der Waals surface area (Å²) in [4.78, 5) is 20.3. The largest absolute Gasteiger partial charge is 0.312 e. The Hall–Kier alpha value is -2.77. The molecule has 1 saturated heterocycles. The van der Waals surface area contributed by atoms with Crippen molar-refractivity contribution in [2.75, 3.05) is 24.5 Å². The van der Waals surface area contributed by atoms with Gasteiger partial charge in [-0.15, -0.1) is 0 Å². The SMILES string of the molecule is Cc1nc2ccccc2c(C)c1CC(=O)N1CCCc2cc(S(=O)(=O)N3CCCC3)ccc21. The molecule has 0 aliphatic carbocycles. The fourth-order valence-corrected chi connectivity index (χ4v) is 6.72. The summed E-state index contributed by atoms with van der Waals surface area (Å²) in [5.41, 5.74) is 5.65. The minimum absolute atomic E-state index is 0.0226. The third-order valence-corrected chi connectivity index (χ3v) is 8.88. The second-order valence-electron chi connectivity index (χ2n) is 9.05. The number of rotatable bonds is 4. The van der Waals surface area contributed by atoms with Crippen LogP contribution >= 0.6 is 0 Å². The number of para-hydroxylation sites is 1. The average molecular weight is 464 g/mol. The molecule has 2 aliphatic rings. The van der Waals surface area contributed by atoms with Gasteiger partial charge in [0.15, 0.2) is 0 Å². The van der Waals surface area contributed by atoms with E-state index in [4.69, 9.17) is 4.98 Å². The molecule has 1 fully saturated rings. The number of fused-ring (bicyclic) bond motifs is 2. The number of carbonyl (C=O) groups excluding carboxylic acids is 1. The van der Waals surface area contributed by atoms with E-state index in [1.165, 1.54) is 0 Å². The molecule has 0 bridgehead atoms. The van der Waals surface area contributed by atoms with Crippen LogP contribution in [0.5, 0.6) is 0 Å². The number of hydrogen-bond donors (Lipinski definition) is 0. The second-order valence-corrected chi connectivity index (χ2v) is 11.0. The third kappa shape index (κ3) is 3.93. The van der Waals surface area contributed by atoms with Crippen molar-refractivity contribution in [3.8, 4) is 0 Å². The number of carbonyl (C=O) groups is 1. The summed E-state index contributed by atoms with van der Waals surface area (Å²) in [6.45, 7) is 5.83. The fourth-order valence-electron chi connectivity index (χ4n) is 5.15. The van der Waals surface area contributed by atoms with Gasteiger partial charge in [-0.2, -0.15) is 4.31 Å². The highest BCUT2D eigenvalue weighted by Crippen LogP contribution is 2.32. The van der Waals surface area contributed by atoms with Crippen LogP contribution in [0.1, 0.15) is 41.6 Å². The van der Waals surface area contributed by atoms with Gasteiger partial charge in [-0.25, -0.2) is 8.42 Å². The molecule has 0 saturated carbocycles. The summed E-state index contributed by atoms with van der Waals surface area (Å²) < 4.78 is 27.6. The van der Waals surface area contributed by atoms with Crippen LogP contribution in [0, 0.1) is 13.8 Å². The van der Waals surface area contributed by atoms with Crippen molar-refractivity contribution in [2.24, 2.45) is 0 Å². The fraction of sp³-hybridized carbons (Fsp3) is 0.385. The first-order chi connectivity index (χ1) is 15.9. The highest BCUT2D eigenvalue weighted by molar-refractivity contribution is 7.89. The number of nitrogens with zero attached hydrogens (tertiary/aromatic N) is 3. The van der Waals surface area contributed by atoms with Crippen LogP contribution in [-0.4, -0.2) is 43.2 Å². The lowest BCUT2D eigenvalue weighted by atomic mass is 9.97. The van der Waals surface area contributed by atoms with Crippen LogP contribution in [0.25, 0.3) is 10.9 Å². The summed E-state index contributed by atoms with van der Waals surface area (Å²) in [6, 6.07) is 13.3. The van der Waals surface area contributed by atoms with Crippen LogP contribution in [0.4, 0.5) is 5.69 Å². The molecule has 172 valence electrons. The normalized spacial score (nSPS) is 16.8. The molecule has 0 unspecified atom stereocenters. The Kier molecular flexibility index (Phi) is 5.70. The van der Waals surface area contributed by atoms with Crippen molar-refractivity contribution in [2.45, 2.75) is 50.8 Å². The maximum absolute atomic E-state index is 13.4. The highest BCUT2D eigenvalue weighted by Gasteiger charge is 2.30. The van der Waals surface area contributed by atoms with E-state index < -0.39 is 10.0 Å². The zero-order valence-corrected chi connectivity index (χ0v) is 20.0. The van der Waals surface area contributed by atoms with Gasteiger partial charge in [-0.1, -0.05) is 18.2 Å². The average Bonchev–Trinajstić information content (AvgIpc) is 3.37. The Balaban J connectivity index is 1.44. The minimum Gasteiger partial charge on any atom is -0.312 e. The molecule has 3 aromatic rings. The molecule has 0 radical (unpaired) electrons. The molecule has 2 aliphatic heterocycles. The molecular formula is C26H29N3O3S. The Morgan fingerprint density at radius 3 is 2.55 bits per heavy atom. The Labute approximate surface area is 195 Å². The molecule has 0 spiro atoms. The molecule has 0 atom stereocenters. The van der Waals surface area contributed by atoms with Crippen LogP contribution < -0.4 is 4.90 Å². The molecule has 2 aromatic carbocycles. The quantitative estimate of drug-likeness (QED) is 0.583. The van der Waals surface area contributed by atoms with E-state index in [-0.39, 0.29) is 12.3 Å². The van der Waals surface area contributed by atoms with Gasteiger partial charge in [0.05, 0.1) is 16.8 Å². The first-order valence-corrected chi connectivity index (χ1v) is 13.1. The molecule has 0 N–H and O–H groups in total. The lowest BCUT2D eigenvalue weighted by Gasteiger charge is -2.30. The van der Waals surface area contributed by atoms with Gasteiger partial charge in [0.25, 0.3) is 0 Å². The van der Waals surface area contributed by atoms with Crippen molar-refractivity contribution in [1.29, 1.82) is 0 Å². The maximum Gasteiger partial charge on any atom is 0.243 e. The molecule has 33 heavy (non-hydrogen) atoms. The Morgan fingerprint density at radius 1 is 1.00 bits per heavy atom. The van der Waals surface area contributed by atoms with Crippen molar-refractivity contribution >= 4 is 32.5 Å². The first-order valence-electron chi connectivity index (χ1n) is 11.6. The van der Waals surface area contributed by atoms with E-state index in [1.54, 1.807) is 16.4 Å². The number of hydrogen-bond acceptors (Lipinski definition) is 4. The van der Waals surface area contributed by atoms with E-state index in [2.05, 4.69) is 6.92 Å². The smallest absolute Gasteiger partial charge is 0.243 e. The number of benzene rings is 2. The lowest BCUT2D eigenvalue weighted by Crippen LogP contribution is -2.37.